The lowest BCUT2D eigenvalue weighted by Crippen LogP contribution is -2.23. The minimum Gasteiger partial charge on any atom is -0.504 e. The molecule has 0 fully saturated rings. The maximum Gasteiger partial charge on any atom is 0.271 e. The van der Waals surface area contributed by atoms with Crippen LogP contribution in [-0.4, -0.2) is 37.0 Å². The van der Waals surface area contributed by atoms with Crippen molar-refractivity contribution in [2.24, 2.45) is 0 Å². The van der Waals surface area contributed by atoms with E-state index in [-0.39, 0.29) is 39.5 Å². The van der Waals surface area contributed by atoms with Gasteiger partial charge in [-0.1, -0.05) is 6.07 Å². The summed E-state index contributed by atoms with van der Waals surface area (Å²) in [6.07, 6.45) is 4.71. The average Bonchev–Trinajstić information content (AvgIpc) is 3.39. The van der Waals surface area contributed by atoms with Gasteiger partial charge < -0.3 is 14.6 Å². The van der Waals surface area contributed by atoms with E-state index in [4.69, 9.17) is 9.47 Å². The normalized spacial score (nSPS) is 15.8. The molecule has 2 aliphatic rings. The summed E-state index contributed by atoms with van der Waals surface area (Å²) in [4.78, 5) is 24.1. The number of ether oxygens (including phenoxy) is 2. The van der Waals surface area contributed by atoms with Gasteiger partial charge in [-0.3, -0.25) is 19.2 Å². The number of nitrogens with one attached hydrogen (secondary N) is 1. The molecule has 0 unspecified atom stereocenters. The topological polar surface area (TPSA) is 122 Å². The van der Waals surface area contributed by atoms with E-state index in [0.717, 1.165) is 28.4 Å². The molecule has 28 heavy (non-hydrogen) atoms. The fourth-order valence-electron chi connectivity index (χ4n) is 2.60. The van der Waals surface area contributed by atoms with Gasteiger partial charge in [-0.15, -0.1) is 11.3 Å². The maximum atomic E-state index is 12.5. The molecule has 0 atom stereocenters. The third-order valence-corrected chi connectivity index (χ3v) is 6.66. The van der Waals surface area contributed by atoms with E-state index in [1.807, 2.05) is 0 Å². The molecule has 0 radical (unpaired) electrons. The molecule has 2 aliphatic heterocycles. The van der Waals surface area contributed by atoms with Crippen molar-refractivity contribution in [3.8, 4) is 17.2 Å². The molecular formula is C17H12N2O7S2. The van der Waals surface area contributed by atoms with Crippen LogP contribution in [0.15, 0.2) is 46.1 Å². The molecule has 0 aliphatic carbocycles. The van der Waals surface area contributed by atoms with Crippen LogP contribution in [-0.2, 0) is 19.6 Å². The molecule has 0 saturated heterocycles. The van der Waals surface area contributed by atoms with Crippen LogP contribution in [0.5, 0.6) is 17.2 Å². The van der Waals surface area contributed by atoms with Crippen LogP contribution >= 0.6 is 11.3 Å². The Morgan fingerprint density at radius 3 is 2.57 bits per heavy atom. The molecule has 4 rings (SSSR count). The van der Waals surface area contributed by atoms with Crippen molar-refractivity contribution >= 4 is 44.9 Å². The van der Waals surface area contributed by atoms with Gasteiger partial charge in [0.1, 0.15) is 4.21 Å². The first-order valence-corrected chi connectivity index (χ1v) is 10.2. The lowest BCUT2D eigenvalue weighted by Gasteiger charge is -2.12. The Labute approximate surface area is 163 Å². The van der Waals surface area contributed by atoms with E-state index in [0.29, 0.717) is 0 Å². The van der Waals surface area contributed by atoms with E-state index in [9.17, 15) is 23.1 Å². The van der Waals surface area contributed by atoms with Crippen LogP contribution in [0.1, 0.15) is 5.56 Å². The molecule has 11 heteroatoms. The molecule has 144 valence electrons. The van der Waals surface area contributed by atoms with Crippen LogP contribution in [0, 0.1) is 0 Å². The summed E-state index contributed by atoms with van der Waals surface area (Å²) >= 11 is 1.04. The second kappa shape index (κ2) is 6.69. The third-order valence-electron chi connectivity index (χ3n) is 3.90. The van der Waals surface area contributed by atoms with Gasteiger partial charge in [0.2, 0.25) is 12.5 Å². The molecule has 0 saturated carbocycles. The summed E-state index contributed by atoms with van der Waals surface area (Å²) < 4.78 is 38.1. The Bertz CT molecular complexity index is 1120. The van der Waals surface area contributed by atoms with E-state index in [2.05, 4.69) is 4.72 Å². The Morgan fingerprint density at radius 1 is 1.18 bits per heavy atom. The number of phenolic OH excluding ortho intramolecular Hbond substituents is 1. The lowest BCUT2D eigenvalue weighted by atomic mass is 10.1. The summed E-state index contributed by atoms with van der Waals surface area (Å²) in [6.45, 7) is -0.198. The number of fused-ring (bicyclic) bond motifs is 1. The van der Waals surface area contributed by atoms with Crippen LogP contribution < -0.4 is 14.2 Å². The number of carbonyl (C=O) groups excluding carboxylic acids is 2. The van der Waals surface area contributed by atoms with Crippen molar-refractivity contribution in [1.29, 1.82) is 0 Å². The van der Waals surface area contributed by atoms with Gasteiger partial charge in [-0.2, -0.15) is 0 Å². The number of nitrogens with zero attached hydrogens (tertiary/aromatic N) is 1. The highest BCUT2D eigenvalue weighted by Gasteiger charge is 2.28. The molecule has 1 aromatic carbocycles. The fourth-order valence-corrected chi connectivity index (χ4v) is 4.65. The number of carbonyl (C=O) groups is 2. The highest BCUT2D eigenvalue weighted by atomic mass is 32.2. The van der Waals surface area contributed by atoms with Crippen molar-refractivity contribution in [2.45, 2.75) is 4.21 Å². The van der Waals surface area contributed by atoms with Gasteiger partial charge in [-0.05, 0) is 23.6 Å². The molecule has 2 amide bonds. The smallest absolute Gasteiger partial charge is 0.271 e. The maximum absolute atomic E-state index is 12.5. The number of imide groups is 1. The van der Waals surface area contributed by atoms with Crippen LogP contribution in [0.25, 0.3) is 6.08 Å². The molecular weight excluding hydrogens is 408 g/mol. The number of thiophene rings is 1. The van der Waals surface area contributed by atoms with E-state index >= 15 is 0 Å². The number of phenols is 1. The summed E-state index contributed by atoms with van der Waals surface area (Å²) in [5.41, 5.74) is 0.177. The number of anilines is 1. The standard InChI is InChI=1S/C17H12N2O7S2/c20-12-3-4-13(21)19(12)6-5-10-8-11(16-17(15(10)22)26-9-25-16)18-28(23,24)14-2-1-7-27-14/h1-8,18,22H,9H2. The first-order valence-electron chi connectivity index (χ1n) is 7.82. The molecule has 1 aromatic heterocycles. The molecule has 3 heterocycles. The Morgan fingerprint density at radius 2 is 1.89 bits per heavy atom. The Kier molecular flexibility index (Phi) is 4.32. The van der Waals surface area contributed by atoms with Crippen molar-refractivity contribution in [1.82, 2.24) is 4.90 Å². The van der Waals surface area contributed by atoms with Gasteiger partial charge in [0.05, 0.1) is 5.69 Å². The zero-order valence-electron chi connectivity index (χ0n) is 14.0. The number of hydrogen-bond acceptors (Lipinski definition) is 8. The summed E-state index contributed by atoms with van der Waals surface area (Å²) in [7, 11) is -3.87. The minimum absolute atomic E-state index is 0.0387. The monoisotopic (exact) mass is 420 g/mol. The number of hydrogen-bond donors (Lipinski definition) is 2. The van der Waals surface area contributed by atoms with Gasteiger partial charge in [0.25, 0.3) is 21.8 Å². The van der Waals surface area contributed by atoms with Gasteiger partial charge in [0.15, 0.2) is 11.5 Å². The van der Waals surface area contributed by atoms with E-state index in [1.165, 1.54) is 24.4 Å². The van der Waals surface area contributed by atoms with E-state index < -0.39 is 21.8 Å². The fraction of sp³-hybridized carbons (Fsp3) is 0.0588. The molecule has 0 bridgehead atoms. The Balaban J connectivity index is 1.72. The Hall–Kier alpha value is -3.31. The molecule has 0 spiro atoms. The zero-order chi connectivity index (χ0) is 19.9. The largest absolute Gasteiger partial charge is 0.504 e. The quantitative estimate of drug-likeness (QED) is 0.559. The second-order valence-electron chi connectivity index (χ2n) is 5.66. The van der Waals surface area contributed by atoms with Crippen molar-refractivity contribution in [3.63, 3.8) is 0 Å². The lowest BCUT2D eigenvalue weighted by molar-refractivity contribution is -0.133. The summed E-state index contributed by atoms with van der Waals surface area (Å²) in [6, 6.07) is 4.37. The second-order valence-corrected chi connectivity index (χ2v) is 8.52. The number of rotatable bonds is 5. The highest BCUT2D eigenvalue weighted by molar-refractivity contribution is 7.94. The van der Waals surface area contributed by atoms with Crippen molar-refractivity contribution in [2.75, 3.05) is 11.5 Å². The predicted octanol–water partition coefficient (Wildman–Crippen LogP) is 1.88. The van der Waals surface area contributed by atoms with Crippen molar-refractivity contribution < 1.29 is 32.6 Å². The van der Waals surface area contributed by atoms with Crippen LogP contribution in [0.4, 0.5) is 5.69 Å². The predicted molar refractivity (Wildman–Crippen MR) is 99.4 cm³/mol. The first kappa shape index (κ1) is 18.1. The van der Waals surface area contributed by atoms with Gasteiger partial charge >= 0.3 is 0 Å². The van der Waals surface area contributed by atoms with E-state index in [1.54, 1.807) is 11.4 Å². The minimum atomic E-state index is -3.87. The van der Waals surface area contributed by atoms with Crippen LogP contribution in [0.3, 0.4) is 0 Å². The number of amides is 2. The SMILES string of the molecule is O=C1C=CC(=O)N1C=Cc1cc(NS(=O)(=O)c2cccs2)c2c(c1O)OCO2. The number of sulfonamides is 1. The third kappa shape index (κ3) is 3.10. The van der Waals surface area contributed by atoms with Gasteiger partial charge in [0, 0.05) is 23.9 Å². The average molecular weight is 420 g/mol. The zero-order valence-corrected chi connectivity index (χ0v) is 15.6. The summed E-state index contributed by atoms with van der Waals surface area (Å²) in [5.74, 6) is -1.36. The molecule has 9 nitrogen and oxygen atoms in total. The first-order chi connectivity index (χ1) is 13.4. The van der Waals surface area contributed by atoms with Crippen molar-refractivity contribution in [3.05, 3.63) is 47.5 Å². The number of aromatic hydroxyl groups is 1. The summed E-state index contributed by atoms with van der Waals surface area (Å²) in [5, 5.41) is 12.0. The van der Waals surface area contributed by atoms with Crippen LogP contribution in [0.2, 0.25) is 0 Å². The number of benzene rings is 1. The van der Waals surface area contributed by atoms with Gasteiger partial charge in [-0.25, -0.2) is 8.42 Å². The molecule has 2 N–H and O–H groups in total. The highest BCUT2D eigenvalue weighted by Crippen LogP contribution is 2.48. The molecule has 2 aromatic rings.